The van der Waals surface area contributed by atoms with Gasteiger partial charge in [-0.05, 0) is 13.3 Å². The van der Waals surface area contributed by atoms with E-state index in [1.807, 2.05) is 0 Å². The van der Waals surface area contributed by atoms with Gasteiger partial charge in [0.15, 0.2) is 0 Å². The van der Waals surface area contributed by atoms with Crippen LogP contribution in [0.4, 0.5) is 0 Å². The van der Waals surface area contributed by atoms with Gasteiger partial charge in [0.25, 0.3) is 0 Å². The van der Waals surface area contributed by atoms with Crippen LogP contribution in [0.3, 0.4) is 0 Å². The van der Waals surface area contributed by atoms with E-state index in [1.54, 1.807) is 6.92 Å². The molecule has 45 heavy (non-hydrogen) atoms. The first kappa shape index (κ1) is 44.0. The van der Waals surface area contributed by atoms with Crippen molar-refractivity contribution < 1.29 is 66.4 Å². The standard InChI is InChI=1S/C31H62O14/c1-3-5-7-33-9-11-35-13-15-37-17-19-39-21-23-41-25-27-43-29-30-44-28-26-42-24-22-40-20-18-38-16-14-36-12-10-34-8-6-31(32)45-4-2/h3-30H2,1-2H3. The van der Waals surface area contributed by atoms with Gasteiger partial charge in [0.1, 0.15) is 0 Å². The highest BCUT2D eigenvalue weighted by Gasteiger charge is 2.01. The Morgan fingerprint density at radius 1 is 0.333 bits per heavy atom. The van der Waals surface area contributed by atoms with Gasteiger partial charge in [0.2, 0.25) is 0 Å². The maximum Gasteiger partial charge on any atom is 0.308 e. The van der Waals surface area contributed by atoms with Gasteiger partial charge in [-0.25, -0.2) is 0 Å². The van der Waals surface area contributed by atoms with Crippen LogP contribution in [-0.2, 0) is 66.4 Å². The summed E-state index contributed by atoms with van der Waals surface area (Å²) in [5.41, 5.74) is 0. The second-order valence-corrected chi connectivity index (χ2v) is 9.26. The lowest BCUT2D eigenvalue weighted by atomic mass is 10.4. The Balaban J connectivity index is 3.05. The number of carbonyl (C=O) groups is 1. The molecular formula is C31H62O14. The molecule has 0 aromatic carbocycles. The summed E-state index contributed by atoms with van der Waals surface area (Å²) in [4.78, 5) is 11.1. The third-order valence-corrected chi connectivity index (χ3v) is 5.49. The predicted octanol–water partition coefficient (Wildman–Crippen LogP) is 1.94. The fourth-order valence-electron chi connectivity index (χ4n) is 3.16. The maximum absolute atomic E-state index is 11.1. The van der Waals surface area contributed by atoms with E-state index in [9.17, 15) is 4.79 Å². The molecule has 270 valence electrons. The molecule has 14 heteroatoms. The zero-order chi connectivity index (χ0) is 32.6. The Kier molecular flexibility index (Phi) is 40.1. The van der Waals surface area contributed by atoms with E-state index in [-0.39, 0.29) is 12.4 Å². The zero-order valence-electron chi connectivity index (χ0n) is 28.0. The van der Waals surface area contributed by atoms with Crippen molar-refractivity contribution in [2.24, 2.45) is 0 Å². The number of ether oxygens (including phenoxy) is 13. The summed E-state index contributed by atoms with van der Waals surface area (Å²) in [5.74, 6) is -0.250. The Morgan fingerprint density at radius 3 is 0.778 bits per heavy atom. The number of carbonyl (C=O) groups excluding carboxylic acids is 1. The molecule has 0 aliphatic carbocycles. The number of hydrogen-bond donors (Lipinski definition) is 0. The normalized spacial score (nSPS) is 11.4. The van der Waals surface area contributed by atoms with E-state index < -0.39 is 0 Å². The molecule has 0 spiro atoms. The first-order valence-electron chi connectivity index (χ1n) is 16.4. The Labute approximate surface area is 270 Å². The van der Waals surface area contributed by atoms with E-state index >= 15 is 0 Å². The molecule has 0 saturated heterocycles. The van der Waals surface area contributed by atoms with E-state index in [1.165, 1.54) is 0 Å². The van der Waals surface area contributed by atoms with Crippen LogP contribution in [-0.4, -0.2) is 171 Å². The topological polar surface area (TPSA) is 137 Å². The third kappa shape index (κ3) is 41.0. The molecule has 0 bridgehead atoms. The fourth-order valence-corrected chi connectivity index (χ4v) is 3.16. The molecule has 0 fully saturated rings. The minimum atomic E-state index is -0.250. The summed E-state index contributed by atoms with van der Waals surface area (Å²) >= 11 is 0. The lowest BCUT2D eigenvalue weighted by Gasteiger charge is -2.09. The summed E-state index contributed by atoms with van der Waals surface area (Å²) in [6, 6.07) is 0. The second kappa shape index (κ2) is 41.0. The highest BCUT2D eigenvalue weighted by molar-refractivity contribution is 5.69. The predicted molar refractivity (Wildman–Crippen MR) is 166 cm³/mol. The monoisotopic (exact) mass is 658 g/mol. The molecule has 0 saturated carbocycles. The van der Waals surface area contributed by atoms with Crippen molar-refractivity contribution in [2.45, 2.75) is 33.1 Å². The van der Waals surface area contributed by atoms with Crippen LogP contribution in [0, 0.1) is 0 Å². The van der Waals surface area contributed by atoms with E-state index in [0.29, 0.717) is 159 Å². The first-order valence-corrected chi connectivity index (χ1v) is 16.4. The average molecular weight is 659 g/mol. The molecule has 0 rings (SSSR count). The van der Waals surface area contributed by atoms with E-state index in [2.05, 4.69) is 6.92 Å². The van der Waals surface area contributed by atoms with Crippen LogP contribution in [0.15, 0.2) is 0 Å². The summed E-state index contributed by atoms with van der Waals surface area (Å²) in [6.07, 6.45) is 2.49. The van der Waals surface area contributed by atoms with Crippen LogP contribution in [0.1, 0.15) is 33.1 Å². The largest absolute Gasteiger partial charge is 0.466 e. The van der Waals surface area contributed by atoms with Gasteiger partial charge in [-0.3, -0.25) is 4.79 Å². The van der Waals surface area contributed by atoms with Gasteiger partial charge in [-0.2, -0.15) is 0 Å². The minimum Gasteiger partial charge on any atom is -0.466 e. The van der Waals surface area contributed by atoms with Gasteiger partial charge in [-0.15, -0.1) is 0 Å². The number of esters is 1. The third-order valence-electron chi connectivity index (χ3n) is 5.49. The average Bonchev–Trinajstić information content (AvgIpc) is 3.04. The van der Waals surface area contributed by atoms with Gasteiger partial charge in [0.05, 0.1) is 165 Å². The van der Waals surface area contributed by atoms with Gasteiger partial charge >= 0.3 is 5.97 Å². The van der Waals surface area contributed by atoms with Crippen molar-refractivity contribution in [3.8, 4) is 0 Å². The van der Waals surface area contributed by atoms with Crippen molar-refractivity contribution in [3.05, 3.63) is 0 Å². The SMILES string of the molecule is CCCCOCCOCCOCCOCCOCCOCCOCCOCCOCCOCCOCCOCCC(=O)OCC. The molecule has 14 nitrogen and oxygen atoms in total. The summed E-state index contributed by atoms with van der Waals surface area (Å²) in [6.45, 7) is 16.7. The summed E-state index contributed by atoms with van der Waals surface area (Å²) < 4.78 is 70.0. The van der Waals surface area contributed by atoms with Crippen LogP contribution in [0.2, 0.25) is 0 Å². The molecule has 0 aromatic rings. The van der Waals surface area contributed by atoms with Crippen molar-refractivity contribution in [1.29, 1.82) is 0 Å². The maximum atomic E-state index is 11.1. The molecule has 0 heterocycles. The van der Waals surface area contributed by atoms with Gasteiger partial charge in [-0.1, -0.05) is 13.3 Å². The molecular weight excluding hydrogens is 596 g/mol. The van der Waals surface area contributed by atoms with Crippen LogP contribution < -0.4 is 0 Å². The van der Waals surface area contributed by atoms with Crippen molar-refractivity contribution in [2.75, 3.05) is 165 Å². The minimum absolute atomic E-state index is 0.250. The smallest absolute Gasteiger partial charge is 0.308 e. The van der Waals surface area contributed by atoms with Crippen molar-refractivity contribution in [3.63, 3.8) is 0 Å². The van der Waals surface area contributed by atoms with Crippen molar-refractivity contribution in [1.82, 2.24) is 0 Å². The highest BCUT2D eigenvalue weighted by Crippen LogP contribution is 1.90. The van der Waals surface area contributed by atoms with Crippen molar-refractivity contribution >= 4 is 5.97 Å². The quantitative estimate of drug-likeness (QED) is 0.0700. The lowest BCUT2D eigenvalue weighted by Crippen LogP contribution is -2.15. The molecule has 0 unspecified atom stereocenters. The van der Waals surface area contributed by atoms with Crippen LogP contribution in [0.5, 0.6) is 0 Å². The number of unbranched alkanes of at least 4 members (excludes halogenated alkanes) is 1. The molecule has 0 radical (unpaired) electrons. The lowest BCUT2D eigenvalue weighted by molar-refractivity contribution is -0.144. The molecule has 0 aliphatic heterocycles. The Morgan fingerprint density at radius 2 is 0.556 bits per heavy atom. The summed E-state index contributed by atoms with van der Waals surface area (Å²) in [5, 5.41) is 0. The van der Waals surface area contributed by atoms with E-state index in [0.717, 1.165) is 19.4 Å². The number of rotatable bonds is 40. The Bertz CT molecular complexity index is 558. The van der Waals surface area contributed by atoms with E-state index in [4.69, 9.17) is 61.6 Å². The molecule has 0 amide bonds. The number of hydrogen-bond acceptors (Lipinski definition) is 14. The first-order chi connectivity index (χ1) is 22.3. The molecule has 0 atom stereocenters. The molecule has 0 N–H and O–H groups in total. The zero-order valence-corrected chi connectivity index (χ0v) is 28.0. The van der Waals surface area contributed by atoms with Crippen LogP contribution >= 0.6 is 0 Å². The Hall–Kier alpha value is -1.01. The fraction of sp³-hybridized carbons (Fsp3) is 0.968. The second-order valence-electron chi connectivity index (χ2n) is 9.26. The molecule has 0 aliphatic rings. The molecule has 0 aromatic heterocycles. The highest BCUT2D eigenvalue weighted by atomic mass is 16.6. The summed E-state index contributed by atoms with van der Waals surface area (Å²) in [7, 11) is 0. The van der Waals surface area contributed by atoms with Gasteiger partial charge < -0.3 is 61.6 Å². The van der Waals surface area contributed by atoms with Gasteiger partial charge in [0, 0.05) is 6.61 Å². The van der Waals surface area contributed by atoms with Crippen LogP contribution in [0.25, 0.3) is 0 Å².